The van der Waals surface area contributed by atoms with Gasteiger partial charge in [0.25, 0.3) is 0 Å². The van der Waals surface area contributed by atoms with Crippen molar-refractivity contribution >= 4 is 21.7 Å². The van der Waals surface area contributed by atoms with Gasteiger partial charge in [-0.3, -0.25) is 4.79 Å². The van der Waals surface area contributed by atoms with E-state index in [4.69, 9.17) is 0 Å². The predicted molar refractivity (Wildman–Crippen MR) is 74.1 cm³/mol. The summed E-state index contributed by atoms with van der Waals surface area (Å²) in [6.45, 7) is 4.39. The van der Waals surface area contributed by atoms with Crippen LogP contribution in [0.15, 0.2) is 22.7 Å². The Hall–Kier alpha value is -0.700. The first-order valence-electron chi connectivity index (χ1n) is 6.46. The second-order valence-electron chi connectivity index (χ2n) is 5.61. The lowest BCUT2D eigenvalue weighted by Crippen LogP contribution is -2.26. The zero-order valence-corrected chi connectivity index (χ0v) is 12.3. The van der Waals surface area contributed by atoms with Crippen molar-refractivity contribution in [2.24, 2.45) is 17.8 Å². The van der Waals surface area contributed by atoms with E-state index in [1.54, 1.807) is 12.1 Å². The first kappa shape index (κ1) is 13.7. The summed E-state index contributed by atoms with van der Waals surface area (Å²) >= 11 is 3.11. The maximum Gasteiger partial charge on any atom is 0.166 e. The minimum atomic E-state index is -0.363. The number of hydrogen-bond acceptors (Lipinski definition) is 1. The smallest absolute Gasteiger partial charge is 0.166 e. The number of rotatable bonds is 2. The van der Waals surface area contributed by atoms with Crippen molar-refractivity contribution in [3.63, 3.8) is 0 Å². The average Bonchev–Trinajstić information content (AvgIpc) is 2.30. The average molecular weight is 313 g/mol. The highest BCUT2D eigenvalue weighted by Gasteiger charge is 2.29. The normalized spacial score (nSPS) is 28.1. The van der Waals surface area contributed by atoms with Crippen LogP contribution >= 0.6 is 15.9 Å². The number of Topliss-reactive ketones (excluding diaryl/α,β-unsaturated/α-hetero) is 1. The third-order valence-corrected chi connectivity index (χ3v) is 4.40. The van der Waals surface area contributed by atoms with Gasteiger partial charge in [-0.25, -0.2) is 4.39 Å². The van der Waals surface area contributed by atoms with Gasteiger partial charge >= 0.3 is 0 Å². The number of halogens is 2. The summed E-state index contributed by atoms with van der Waals surface area (Å²) in [5.74, 6) is 0.966. The van der Waals surface area contributed by atoms with E-state index in [-0.39, 0.29) is 17.5 Å². The van der Waals surface area contributed by atoms with Crippen LogP contribution in [0.25, 0.3) is 0 Å². The van der Waals surface area contributed by atoms with Crippen LogP contribution in [0, 0.1) is 23.6 Å². The van der Waals surface area contributed by atoms with Crippen LogP contribution in [0.4, 0.5) is 4.39 Å². The van der Waals surface area contributed by atoms with Crippen LogP contribution in [-0.4, -0.2) is 5.78 Å². The molecule has 3 heteroatoms. The maximum atomic E-state index is 13.5. The van der Waals surface area contributed by atoms with Crippen molar-refractivity contribution in [3.05, 3.63) is 34.1 Å². The van der Waals surface area contributed by atoms with Gasteiger partial charge < -0.3 is 0 Å². The summed E-state index contributed by atoms with van der Waals surface area (Å²) in [4.78, 5) is 12.4. The van der Waals surface area contributed by atoms with Crippen LogP contribution in [0.3, 0.4) is 0 Å². The molecule has 0 aliphatic heterocycles. The highest BCUT2D eigenvalue weighted by molar-refractivity contribution is 9.10. The van der Waals surface area contributed by atoms with Gasteiger partial charge in [0.2, 0.25) is 0 Å². The molecule has 2 unspecified atom stereocenters. The third kappa shape index (κ3) is 3.00. The second kappa shape index (κ2) is 5.52. The van der Waals surface area contributed by atoms with E-state index >= 15 is 0 Å². The molecular weight excluding hydrogens is 295 g/mol. The summed E-state index contributed by atoms with van der Waals surface area (Å²) in [7, 11) is 0. The largest absolute Gasteiger partial charge is 0.294 e. The number of carbonyl (C=O) groups is 1. The van der Waals surface area contributed by atoms with Crippen LogP contribution in [0.1, 0.15) is 43.5 Å². The lowest BCUT2D eigenvalue weighted by molar-refractivity contribution is 0.0835. The van der Waals surface area contributed by atoms with E-state index < -0.39 is 0 Å². The molecule has 1 aromatic carbocycles. The van der Waals surface area contributed by atoms with Crippen molar-refractivity contribution in [3.8, 4) is 0 Å². The number of carbonyl (C=O) groups excluding carboxylic acids is 1. The Labute approximate surface area is 116 Å². The molecule has 0 spiro atoms. The summed E-state index contributed by atoms with van der Waals surface area (Å²) in [6, 6.07) is 4.66. The fourth-order valence-electron chi connectivity index (χ4n) is 3.05. The molecule has 0 saturated heterocycles. The Balaban J connectivity index is 2.17. The first-order valence-corrected chi connectivity index (χ1v) is 7.26. The zero-order valence-electron chi connectivity index (χ0n) is 10.7. The van der Waals surface area contributed by atoms with Gasteiger partial charge in [-0.1, -0.05) is 19.9 Å². The van der Waals surface area contributed by atoms with E-state index in [9.17, 15) is 9.18 Å². The van der Waals surface area contributed by atoms with E-state index in [2.05, 4.69) is 29.8 Å². The minimum Gasteiger partial charge on any atom is -0.294 e. The van der Waals surface area contributed by atoms with Crippen molar-refractivity contribution in [1.29, 1.82) is 0 Å². The molecule has 1 aromatic rings. The molecule has 0 heterocycles. The summed E-state index contributed by atoms with van der Waals surface area (Å²) in [5.41, 5.74) is 0.502. The van der Waals surface area contributed by atoms with Crippen LogP contribution in [-0.2, 0) is 0 Å². The maximum absolute atomic E-state index is 13.5. The molecule has 1 aliphatic carbocycles. The van der Waals surface area contributed by atoms with Gasteiger partial charge in [0.05, 0.1) is 4.47 Å². The molecule has 0 radical (unpaired) electrons. The number of hydrogen-bond donors (Lipinski definition) is 0. The lowest BCUT2D eigenvalue weighted by Gasteiger charge is -2.30. The van der Waals surface area contributed by atoms with Gasteiger partial charge in [0.1, 0.15) is 5.82 Å². The zero-order chi connectivity index (χ0) is 13.3. The number of benzene rings is 1. The van der Waals surface area contributed by atoms with Gasteiger partial charge in [0.15, 0.2) is 5.78 Å². The molecule has 0 amide bonds. The lowest BCUT2D eigenvalue weighted by atomic mass is 9.74. The van der Waals surface area contributed by atoms with Crippen molar-refractivity contribution in [2.75, 3.05) is 0 Å². The molecule has 2 atom stereocenters. The molecule has 0 bridgehead atoms. The first-order chi connectivity index (χ1) is 8.47. The molecule has 1 nitrogen and oxygen atoms in total. The fraction of sp³-hybridized carbons (Fsp3) is 0.533. The van der Waals surface area contributed by atoms with E-state index in [0.29, 0.717) is 21.9 Å². The Morgan fingerprint density at radius 1 is 1.22 bits per heavy atom. The molecule has 98 valence electrons. The second-order valence-corrected chi connectivity index (χ2v) is 6.46. The van der Waals surface area contributed by atoms with Gasteiger partial charge in [-0.15, -0.1) is 0 Å². The Morgan fingerprint density at radius 2 is 1.83 bits per heavy atom. The highest BCUT2D eigenvalue weighted by atomic mass is 79.9. The molecule has 0 N–H and O–H groups in total. The van der Waals surface area contributed by atoms with Gasteiger partial charge in [0, 0.05) is 11.5 Å². The van der Waals surface area contributed by atoms with Crippen molar-refractivity contribution in [2.45, 2.75) is 33.1 Å². The third-order valence-electron chi connectivity index (χ3n) is 3.75. The predicted octanol–water partition coefficient (Wildman–Crippen LogP) is 4.84. The van der Waals surface area contributed by atoms with Crippen LogP contribution in [0.5, 0.6) is 0 Å². The molecule has 0 aromatic heterocycles. The monoisotopic (exact) mass is 312 g/mol. The molecule has 2 rings (SSSR count). The molecule has 18 heavy (non-hydrogen) atoms. The van der Waals surface area contributed by atoms with E-state index in [1.807, 2.05) is 0 Å². The summed E-state index contributed by atoms with van der Waals surface area (Å²) < 4.78 is 13.9. The Morgan fingerprint density at radius 3 is 2.39 bits per heavy atom. The highest BCUT2D eigenvalue weighted by Crippen LogP contribution is 2.35. The van der Waals surface area contributed by atoms with Crippen molar-refractivity contribution < 1.29 is 9.18 Å². The summed E-state index contributed by atoms with van der Waals surface area (Å²) in [6.07, 6.45) is 3.06. The molecule has 1 aliphatic rings. The molecule has 1 fully saturated rings. The standard InChI is InChI=1S/C15H18BrFO/c1-9-5-10(2)7-12(6-9)15(18)11-3-4-13(16)14(17)8-11/h3-4,8-10,12H,5-7H2,1-2H3. The molecular formula is C15H18BrFO. The van der Waals surface area contributed by atoms with E-state index in [0.717, 1.165) is 12.8 Å². The van der Waals surface area contributed by atoms with Gasteiger partial charge in [-0.2, -0.15) is 0 Å². The van der Waals surface area contributed by atoms with E-state index in [1.165, 1.54) is 12.5 Å². The minimum absolute atomic E-state index is 0.0596. The Kier molecular flexibility index (Phi) is 4.21. The van der Waals surface area contributed by atoms with Crippen molar-refractivity contribution in [1.82, 2.24) is 0 Å². The van der Waals surface area contributed by atoms with Gasteiger partial charge in [-0.05, 0) is 59.2 Å². The molecule has 1 saturated carbocycles. The Bertz CT molecular complexity index is 448. The van der Waals surface area contributed by atoms with Crippen LogP contribution < -0.4 is 0 Å². The van der Waals surface area contributed by atoms with Crippen LogP contribution in [0.2, 0.25) is 0 Å². The summed E-state index contributed by atoms with van der Waals surface area (Å²) in [5, 5.41) is 0. The SMILES string of the molecule is CC1CC(C)CC(C(=O)c2ccc(Br)c(F)c2)C1. The number of ketones is 1. The topological polar surface area (TPSA) is 17.1 Å². The fourth-order valence-corrected chi connectivity index (χ4v) is 3.29. The quantitative estimate of drug-likeness (QED) is 0.714.